The number of amides is 1. The topological polar surface area (TPSA) is 42.0 Å². The summed E-state index contributed by atoms with van der Waals surface area (Å²) >= 11 is 3.30. The molecule has 2 atom stereocenters. The molecular weight excluding hydrogens is 244 g/mol. The molecule has 0 bridgehead atoms. The summed E-state index contributed by atoms with van der Waals surface area (Å²) < 4.78 is 0.741. The third-order valence-electron chi connectivity index (χ3n) is 2.40. The summed E-state index contributed by atoms with van der Waals surface area (Å²) in [5, 5.41) is 2.93. The average molecular weight is 255 g/mol. The van der Waals surface area contributed by atoms with Crippen LogP contribution in [0.5, 0.6) is 0 Å². The van der Waals surface area contributed by atoms with E-state index >= 15 is 0 Å². The van der Waals surface area contributed by atoms with Gasteiger partial charge in [0.05, 0.1) is 0 Å². The molecule has 1 aromatic rings. The number of hydrogen-bond donors (Lipinski definition) is 1. The lowest BCUT2D eigenvalue weighted by atomic mass is 10.3. The third-order valence-corrected chi connectivity index (χ3v) is 3.04. The molecule has 0 aliphatic heterocycles. The lowest BCUT2D eigenvalue weighted by Gasteiger charge is -2.03. The van der Waals surface area contributed by atoms with Crippen molar-refractivity contribution >= 4 is 21.8 Å². The highest BCUT2D eigenvalue weighted by molar-refractivity contribution is 9.10. The lowest BCUT2D eigenvalue weighted by molar-refractivity contribution is 0.0943. The van der Waals surface area contributed by atoms with Crippen LogP contribution in [0.2, 0.25) is 0 Å². The minimum absolute atomic E-state index is 0.0909. The maximum atomic E-state index is 11.7. The van der Waals surface area contributed by atoms with E-state index in [4.69, 9.17) is 0 Å². The van der Waals surface area contributed by atoms with Crippen molar-refractivity contribution < 1.29 is 4.79 Å². The van der Waals surface area contributed by atoms with Crippen LogP contribution in [0.3, 0.4) is 0 Å². The second-order valence-electron chi connectivity index (χ2n) is 3.63. The summed E-state index contributed by atoms with van der Waals surface area (Å²) in [6.07, 6.45) is 2.70. The first-order valence-corrected chi connectivity index (χ1v) is 5.39. The van der Waals surface area contributed by atoms with E-state index in [1.165, 1.54) is 0 Å². The predicted octanol–water partition coefficient (Wildman–Crippen LogP) is 1.98. The first kappa shape index (κ1) is 9.65. The van der Waals surface area contributed by atoms with Crippen molar-refractivity contribution in [3.63, 3.8) is 0 Å². The maximum Gasteiger partial charge on any atom is 0.271 e. The molecule has 0 spiro atoms. The summed E-state index contributed by atoms with van der Waals surface area (Å²) in [6.45, 7) is 2.12. The summed E-state index contributed by atoms with van der Waals surface area (Å²) in [5.74, 6) is 0.522. The van der Waals surface area contributed by atoms with Crippen LogP contribution in [0.4, 0.5) is 0 Å². The summed E-state index contributed by atoms with van der Waals surface area (Å²) in [5.41, 5.74) is 0.464. The molecule has 74 valence electrons. The largest absolute Gasteiger partial charge is 0.348 e. The lowest BCUT2D eigenvalue weighted by Crippen LogP contribution is -2.27. The molecule has 1 amide bonds. The van der Waals surface area contributed by atoms with Gasteiger partial charge in [0.1, 0.15) is 5.69 Å². The molecule has 2 unspecified atom stereocenters. The normalized spacial score (nSPS) is 24.4. The molecular formula is C10H11BrN2O. The SMILES string of the molecule is CC1CC1NC(=O)c1ncccc1Br. The number of pyridine rings is 1. The van der Waals surface area contributed by atoms with Crippen LogP contribution in [0.1, 0.15) is 23.8 Å². The molecule has 1 fully saturated rings. The number of carbonyl (C=O) groups excluding carboxylic acids is 1. The highest BCUT2D eigenvalue weighted by Gasteiger charge is 2.34. The van der Waals surface area contributed by atoms with Gasteiger partial charge in [0, 0.05) is 16.7 Å². The monoisotopic (exact) mass is 254 g/mol. The van der Waals surface area contributed by atoms with E-state index in [1.54, 1.807) is 12.3 Å². The van der Waals surface area contributed by atoms with Crippen LogP contribution in [0.25, 0.3) is 0 Å². The first-order chi connectivity index (χ1) is 6.68. The summed E-state index contributed by atoms with van der Waals surface area (Å²) in [6, 6.07) is 3.95. The van der Waals surface area contributed by atoms with Crippen LogP contribution < -0.4 is 5.32 Å². The molecule has 2 rings (SSSR count). The molecule has 0 aromatic carbocycles. The molecule has 4 heteroatoms. The Hall–Kier alpha value is -0.900. The number of nitrogens with zero attached hydrogens (tertiary/aromatic N) is 1. The number of halogens is 1. The van der Waals surface area contributed by atoms with E-state index in [2.05, 4.69) is 33.2 Å². The van der Waals surface area contributed by atoms with Crippen molar-refractivity contribution in [1.29, 1.82) is 0 Å². The zero-order valence-electron chi connectivity index (χ0n) is 7.83. The minimum atomic E-state index is -0.0909. The Labute approximate surface area is 91.0 Å². The molecule has 1 aliphatic rings. The van der Waals surface area contributed by atoms with E-state index in [9.17, 15) is 4.79 Å². The number of carbonyl (C=O) groups is 1. The Balaban J connectivity index is 2.07. The van der Waals surface area contributed by atoms with E-state index in [-0.39, 0.29) is 5.91 Å². The van der Waals surface area contributed by atoms with Crippen LogP contribution in [-0.4, -0.2) is 16.9 Å². The second-order valence-corrected chi connectivity index (χ2v) is 4.48. The molecule has 0 radical (unpaired) electrons. The zero-order chi connectivity index (χ0) is 10.1. The van der Waals surface area contributed by atoms with Gasteiger partial charge in [-0.1, -0.05) is 6.92 Å². The number of nitrogens with one attached hydrogen (secondary N) is 1. The molecule has 1 aliphatic carbocycles. The van der Waals surface area contributed by atoms with E-state index < -0.39 is 0 Å². The van der Waals surface area contributed by atoms with Gasteiger partial charge in [0.15, 0.2) is 0 Å². The Morgan fingerprint density at radius 2 is 2.43 bits per heavy atom. The molecule has 1 saturated carbocycles. The Bertz CT molecular complexity index is 367. The predicted molar refractivity (Wildman–Crippen MR) is 57.0 cm³/mol. The van der Waals surface area contributed by atoms with E-state index in [1.807, 2.05) is 6.07 Å². The van der Waals surface area contributed by atoms with Gasteiger partial charge in [-0.2, -0.15) is 0 Å². The van der Waals surface area contributed by atoms with Crippen molar-refractivity contribution in [2.45, 2.75) is 19.4 Å². The van der Waals surface area contributed by atoms with Gasteiger partial charge in [-0.25, -0.2) is 4.98 Å². The third kappa shape index (κ3) is 1.95. The maximum absolute atomic E-state index is 11.7. The standard InChI is InChI=1S/C10H11BrN2O/c1-6-5-8(6)13-10(14)9-7(11)3-2-4-12-9/h2-4,6,8H,5H2,1H3,(H,13,14). The van der Waals surface area contributed by atoms with Gasteiger partial charge in [-0.15, -0.1) is 0 Å². The zero-order valence-corrected chi connectivity index (χ0v) is 9.41. The molecule has 14 heavy (non-hydrogen) atoms. The van der Waals surface area contributed by atoms with Crippen LogP contribution >= 0.6 is 15.9 Å². The fourth-order valence-corrected chi connectivity index (χ4v) is 1.75. The van der Waals surface area contributed by atoms with Crippen LogP contribution in [0, 0.1) is 5.92 Å². The van der Waals surface area contributed by atoms with Crippen LogP contribution in [0.15, 0.2) is 22.8 Å². The van der Waals surface area contributed by atoms with Gasteiger partial charge in [0.25, 0.3) is 5.91 Å². The summed E-state index contributed by atoms with van der Waals surface area (Å²) in [7, 11) is 0. The van der Waals surface area contributed by atoms with Gasteiger partial charge < -0.3 is 5.32 Å². The fraction of sp³-hybridized carbons (Fsp3) is 0.400. The van der Waals surface area contributed by atoms with E-state index in [0.717, 1.165) is 10.9 Å². The quantitative estimate of drug-likeness (QED) is 0.877. The van der Waals surface area contributed by atoms with Crippen LogP contribution in [-0.2, 0) is 0 Å². The highest BCUT2D eigenvalue weighted by Crippen LogP contribution is 2.29. The van der Waals surface area contributed by atoms with Crippen molar-refractivity contribution in [3.8, 4) is 0 Å². The van der Waals surface area contributed by atoms with Crippen molar-refractivity contribution in [2.24, 2.45) is 5.92 Å². The number of rotatable bonds is 2. The number of aromatic nitrogens is 1. The van der Waals surface area contributed by atoms with E-state index in [0.29, 0.717) is 17.7 Å². The molecule has 3 nitrogen and oxygen atoms in total. The van der Waals surface area contributed by atoms with Crippen molar-refractivity contribution in [1.82, 2.24) is 10.3 Å². The van der Waals surface area contributed by atoms with Gasteiger partial charge in [-0.3, -0.25) is 4.79 Å². The average Bonchev–Trinajstić information content (AvgIpc) is 2.82. The van der Waals surface area contributed by atoms with Gasteiger partial charge in [0.2, 0.25) is 0 Å². The molecule has 1 N–H and O–H groups in total. The first-order valence-electron chi connectivity index (χ1n) is 4.60. The van der Waals surface area contributed by atoms with Gasteiger partial charge in [-0.05, 0) is 40.4 Å². The summed E-state index contributed by atoms with van der Waals surface area (Å²) in [4.78, 5) is 15.7. The fourth-order valence-electron chi connectivity index (χ4n) is 1.31. The molecule has 0 saturated heterocycles. The van der Waals surface area contributed by atoms with Gasteiger partial charge >= 0.3 is 0 Å². The molecule has 1 heterocycles. The Kier molecular flexibility index (Phi) is 2.54. The Morgan fingerprint density at radius 3 is 3.00 bits per heavy atom. The van der Waals surface area contributed by atoms with Crippen molar-refractivity contribution in [2.75, 3.05) is 0 Å². The smallest absolute Gasteiger partial charge is 0.271 e. The minimum Gasteiger partial charge on any atom is -0.348 e. The van der Waals surface area contributed by atoms with Crippen molar-refractivity contribution in [3.05, 3.63) is 28.5 Å². The molecule has 1 aromatic heterocycles. The second kappa shape index (κ2) is 3.69. The Morgan fingerprint density at radius 1 is 1.71 bits per heavy atom. The number of hydrogen-bond acceptors (Lipinski definition) is 2. The highest BCUT2D eigenvalue weighted by atomic mass is 79.9.